The molecule has 1 amide bonds. The summed E-state index contributed by atoms with van der Waals surface area (Å²) in [5.41, 5.74) is 0.212. The number of amidine groups is 1. The molecule has 3 rings (SSSR count). The fraction of sp³-hybridized carbons (Fsp3) is 0.222. The number of anilines is 1. The van der Waals surface area contributed by atoms with Crippen LogP contribution in [-0.4, -0.2) is 34.7 Å². The van der Waals surface area contributed by atoms with Gasteiger partial charge in [0.1, 0.15) is 5.75 Å². The summed E-state index contributed by atoms with van der Waals surface area (Å²) in [5.74, 6) is 0.379. The molecule has 0 fully saturated rings. The van der Waals surface area contributed by atoms with E-state index in [0.29, 0.717) is 16.5 Å². The molecule has 7 heteroatoms. The quantitative estimate of drug-likeness (QED) is 0.877. The van der Waals surface area contributed by atoms with Crippen LogP contribution in [0.25, 0.3) is 0 Å². The Morgan fingerprint density at radius 1 is 1.32 bits per heavy atom. The van der Waals surface area contributed by atoms with Crippen molar-refractivity contribution in [2.45, 2.75) is 19.1 Å². The molecule has 2 aromatic rings. The van der Waals surface area contributed by atoms with Gasteiger partial charge in [-0.3, -0.25) is 4.79 Å². The van der Waals surface area contributed by atoms with Gasteiger partial charge in [-0.05, 0) is 31.2 Å². The summed E-state index contributed by atoms with van der Waals surface area (Å²) in [4.78, 5) is 22.6. The van der Waals surface area contributed by atoms with Crippen molar-refractivity contribution < 1.29 is 14.7 Å². The van der Waals surface area contributed by atoms with Crippen molar-refractivity contribution in [1.29, 1.82) is 0 Å². The van der Waals surface area contributed by atoms with Gasteiger partial charge in [-0.2, -0.15) is 0 Å². The van der Waals surface area contributed by atoms with Gasteiger partial charge in [0.15, 0.2) is 11.6 Å². The molecule has 0 aromatic heterocycles. The lowest BCUT2D eigenvalue weighted by Gasteiger charge is -2.21. The number of benzene rings is 2. The number of carbonyl (C=O) groups excluding carboxylic acids is 1. The first-order valence-electron chi connectivity index (χ1n) is 7.73. The number of halogens is 1. The maximum atomic E-state index is 12.3. The van der Waals surface area contributed by atoms with Gasteiger partial charge in [0.05, 0.1) is 11.4 Å². The molecule has 1 heterocycles. The molecule has 2 N–H and O–H groups in total. The third kappa shape index (κ3) is 3.92. The van der Waals surface area contributed by atoms with Gasteiger partial charge >= 0.3 is 0 Å². The van der Waals surface area contributed by atoms with Crippen molar-refractivity contribution in [2.75, 3.05) is 12.4 Å². The van der Waals surface area contributed by atoms with Gasteiger partial charge < -0.3 is 10.4 Å². The Labute approximate surface area is 150 Å². The number of amides is 1. The number of nitrogens with one attached hydrogen (secondary N) is 1. The topological polar surface area (TPSA) is 74.2 Å². The van der Waals surface area contributed by atoms with E-state index in [2.05, 4.69) is 10.3 Å². The summed E-state index contributed by atoms with van der Waals surface area (Å²) < 4.78 is 0. The molecular formula is C18H18ClN3O3. The second-order valence-electron chi connectivity index (χ2n) is 5.95. The highest BCUT2D eigenvalue weighted by molar-refractivity contribution is 6.34. The first kappa shape index (κ1) is 17.3. The SMILES string of the molecule is CN1OC(C)(CC(=O)Nc2cccc(O)c2)N=C1c1ccccc1Cl. The van der Waals surface area contributed by atoms with Gasteiger partial charge in [-0.15, -0.1) is 0 Å². The smallest absolute Gasteiger partial charge is 0.229 e. The summed E-state index contributed by atoms with van der Waals surface area (Å²) in [5, 5.41) is 14.3. The second-order valence-corrected chi connectivity index (χ2v) is 6.36. The van der Waals surface area contributed by atoms with Crippen molar-refractivity contribution in [3.63, 3.8) is 0 Å². The molecule has 1 aliphatic heterocycles. The van der Waals surface area contributed by atoms with Crippen LogP contribution in [0.2, 0.25) is 5.02 Å². The minimum absolute atomic E-state index is 0.0148. The first-order valence-corrected chi connectivity index (χ1v) is 8.11. The zero-order chi connectivity index (χ0) is 18.0. The van der Waals surface area contributed by atoms with Gasteiger partial charge in [0.2, 0.25) is 5.91 Å². The summed E-state index contributed by atoms with van der Waals surface area (Å²) in [7, 11) is 1.72. The lowest BCUT2D eigenvalue weighted by Crippen LogP contribution is -2.32. The van der Waals surface area contributed by atoms with Crippen molar-refractivity contribution in [3.8, 4) is 5.75 Å². The van der Waals surface area contributed by atoms with E-state index in [1.807, 2.05) is 18.2 Å². The Balaban J connectivity index is 1.76. The molecule has 0 aliphatic carbocycles. The highest BCUT2D eigenvalue weighted by Gasteiger charge is 2.38. The van der Waals surface area contributed by atoms with Gasteiger partial charge in [0, 0.05) is 24.4 Å². The van der Waals surface area contributed by atoms with E-state index in [1.54, 1.807) is 32.2 Å². The molecule has 0 bridgehead atoms. The molecule has 0 saturated heterocycles. The predicted octanol–water partition coefficient (Wildman–Crippen LogP) is 3.41. The standard InChI is InChI=1S/C18H18ClN3O3/c1-18(11-16(24)20-12-6-5-7-13(23)10-12)21-17(22(2)25-18)14-8-3-4-9-15(14)19/h3-10,23H,11H2,1-2H3,(H,20,24). The van der Waals surface area contributed by atoms with Crippen molar-refractivity contribution in [2.24, 2.45) is 4.99 Å². The average Bonchev–Trinajstić information content (AvgIpc) is 2.82. The first-order chi connectivity index (χ1) is 11.9. The van der Waals surface area contributed by atoms with Crippen molar-refractivity contribution in [1.82, 2.24) is 5.06 Å². The molecule has 2 aromatic carbocycles. The lowest BCUT2D eigenvalue weighted by molar-refractivity contribution is -0.164. The zero-order valence-electron chi connectivity index (χ0n) is 13.9. The van der Waals surface area contributed by atoms with E-state index < -0.39 is 5.72 Å². The molecule has 1 aliphatic rings. The molecule has 1 unspecified atom stereocenters. The van der Waals surface area contributed by atoms with E-state index in [9.17, 15) is 9.90 Å². The number of nitrogens with zero attached hydrogens (tertiary/aromatic N) is 2. The largest absolute Gasteiger partial charge is 0.508 e. The minimum atomic E-state index is -1.04. The Morgan fingerprint density at radius 2 is 2.08 bits per heavy atom. The van der Waals surface area contributed by atoms with Crippen LogP contribution in [0.3, 0.4) is 0 Å². The Morgan fingerprint density at radius 3 is 2.80 bits per heavy atom. The monoisotopic (exact) mass is 359 g/mol. The summed E-state index contributed by atoms with van der Waals surface area (Å²) in [6, 6.07) is 13.7. The molecule has 6 nitrogen and oxygen atoms in total. The van der Waals surface area contributed by atoms with E-state index in [-0.39, 0.29) is 18.1 Å². The van der Waals surface area contributed by atoms with Crippen molar-refractivity contribution >= 4 is 29.0 Å². The highest BCUT2D eigenvalue weighted by Crippen LogP contribution is 2.30. The minimum Gasteiger partial charge on any atom is -0.508 e. The number of aromatic hydroxyl groups is 1. The van der Waals surface area contributed by atoms with Crippen LogP contribution in [0.5, 0.6) is 5.75 Å². The zero-order valence-corrected chi connectivity index (χ0v) is 14.6. The molecule has 0 saturated carbocycles. The van der Waals surface area contributed by atoms with Crippen LogP contribution in [0.15, 0.2) is 53.5 Å². The normalized spacial score (nSPS) is 19.6. The fourth-order valence-corrected chi connectivity index (χ4v) is 2.90. The number of hydroxylamine groups is 2. The number of hydrogen-bond acceptors (Lipinski definition) is 5. The molecular weight excluding hydrogens is 342 g/mol. The summed E-state index contributed by atoms with van der Waals surface area (Å²) in [6.45, 7) is 1.73. The van der Waals surface area contributed by atoms with Gasteiger partial charge in [0.25, 0.3) is 0 Å². The summed E-state index contributed by atoms with van der Waals surface area (Å²) >= 11 is 6.22. The maximum absolute atomic E-state index is 12.3. The summed E-state index contributed by atoms with van der Waals surface area (Å²) in [6.07, 6.45) is 0.0148. The van der Waals surface area contributed by atoms with Crippen LogP contribution < -0.4 is 5.32 Å². The molecule has 0 spiro atoms. The third-order valence-corrected chi connectivity index (χ3v) is 4.04. The number of phenols is 1. The second kappa shape index (κ2) is 6.74. The predicted molar refractivity (Wildman–Crippen MR) is 96.6 cm³/mol. The number of aliphatic imine (C=N–C) groups is 1. The van der Waals surface area contributed by atoms with E-state index in [1.165, 1.54) is 17.2 Å². The number of phenolic OH excluding ortho intramolecular Hbond substituents is 1. The van der Waals surface area contributed by atoms with E-state index >= 15 is 0 Å². The van der Waals surface area contributed by atoms with Crippen LogP contribution >= 0.6 is 11.6 Å². The van der Waals surface area contributed by atoms with E-state index in [4.69, 9.17) is 16.4 Å². The Bertz CT molecular complexity index is 840. The highest BCUT2D eigenvalue weighted by atomic mass is 35.5. The van der Waals surface area contributed by atoms with Gasteiger partial charge in [-0.25, -0.2) is 14.9 Å². The molecule has 0 radical (unpaired) electrons. The number of rotatable bonds is 4. The van der Waals surface area contributed by atoms with Crippen LogP contribution in [0.1, 0.15) is 18.9 Å². The van der Waals surface area contributed by atoms with Crippen molar-refractivity contribution in [3.05, 3.63) is 59.1 Å². The third-order valence-electron chi connectivity index (χ3n) is 3.71. The fourth-order valence-electron chi connectivity index (χ4n) is 2.68. The average molecular weight is 360 g/mol. The van der Waals surface area contributed by atoms with Crippen LogP contribution in [0.4, 0.5) is 5.69 Å². The number of hydrogen-bond donors (Lipinski definition) is 2. The maximum Gasteiger partial charge on any atom is 0.229 e. The van der Waals surface area contributed by atoms with E-state index in [0.717, 1.165) is 5.56 Å². The Kier molecular flexibility index (Phi) is 4.65. The lowest BCUT2D eigenvalue weighted by atomic mass is 10.1. The number of carbonyl (C=O) groups is 1. The Hall–Kier alpha value is -2.57. The van der Waals surface area contributed by atoms with Gasteiger partial charge in [-0.1, -0.05) is 29.8 Å². The molecule has 1 atom stereocenters. The molecule has 130 valence electrons. The molecule has 25 heavy (non-hydrogen) atoms. The van der Waals surface area contributed by atoms with Crippen LogP contribution in [-0.2, 0) is 9.63 Å². The van der Waals surface area contributed by atoms with Crippen LogP contribution in [0, 0.1) is 0 Å².